The molecule has 8 heteroatoms. The van der Waals surface area contributed by atoms with Gasteiger partial charge in [-0.3, -0.25) is 4.98 Å². The minimum absolute atomic E-state index is 0.167. The molecule has 1 aliphatic rings. The lowest BCUT2D eigenvalue weighted by atomic mass is 9.96. The zero-order valence-corrected chi connectivity index (χ0v) is 25.1. The topological polar surface area (TPSA) is 42.3 Å². The Labute approximate surface area is 255 Å². The highest BCUT2D eigenvalue weighted by Gasteiger charge is 2.42. The van der Waals surface area contributed by atoms with Crippen LogP contribution in [-0.2, 0) is 0 Å². The van der Waals surface area contributed by atoms with E-state index in [4.69, 9.17) is 45.1 Å². The van der Waals surface area contributed by atoms with Crippen LogP contribution in [0.15, 0.2) is 97.2 Å². The number of pyridine rings is 1. The molecule has 1 N–H and O–H groups in total. The maximum atomic E-state index is 6.68. The highest BCUT2D eigenvalue weighted by Crippen LogP contribution is 2.44. The number of nitrogens with zero attached hydrogens (tertiary/aromatic N) is 3. The van der Waals surface area contributed by atoms with Crippen molar-refractivity contribution in [2.75, 3.05) is 4.90 Å². The minimum Gasteiger partial charge on any atom is -0.457 e. The summed E-state index contributed by atoms with van der Waals surface area (Å²) in [6, 6.07) is 29.5. The molecule has 6 rings (SSSR count). The number of nitrogens with one attached hydrogen (secondary N) is 1. The monoisotopic (exact) mass is 598 g/mol. The lowest BCUT2D eigenvalue weighted by Crippen LogP contribution is -2.29. The second kappa shape index (κ2) is 11.2. The minimum atomic E-state index is -0.170. The molecule has 2 atom stereocenters. The summed E-state index contributed by atoms with van der Waals surface area (Å²) in [6.07, 6.45) is 1.81. The summed E-state index contributed by atoms with van der Waals surface area (Å²) in [6.45, 7) is 6.24. The lowest BCUT2D eigenvalue weighted by molar-refractivity contribution is 0.482. The van der Waals surface area contributed by atoms with Gasteiger partial charge in [0, 0.05) is 23.3 Å². The standard InChI is InChI=1S/C33H28Cl2N4OS/c1-20-10-14-24(15-11-20)40-25-16-12-23(13-17-25)39-32(31(37-33(39)41)28-8-4-5-18-36-28)26-19-21(2)38(22(26)3)29-9-6-7-27(34)30(29)35/h4-19,31-32H,1-3H3,(H,37,41)/t31-,32-/m1/s1. The van der Waals surface area contributed by atoms with Gasteiger partial charge < -0.3 is 19.5 Å². The van der Waals surface area contributed by atoms with E-state index in [-0.39, 0.29) is 12.1 Å². The van der Waals surface area contributed by atoms with Crippen molar-refractivity contribution in [1.82, 2.24) is 14.9 Å². The quantitative estimate of drug-likeness (QED) is 0.197. The zero-order valence-electron chi connectivity index (χ0n) is 22.8. The molecule has 1 aliphatic heterocycles. The van der Waals surface area contributed by atoms with Gasteiger partial charge in [-0.15, -0.1) is 0 Å². The predicted octanol–water partition coefficient (Wildman–Crippen LogP) is 9.07. The summed E-state index contributed by atoms with van der Waals surface area (Å²) >= 11 is 19.0. The molecule has 1 saturated heterocycles. The van der Waals surface area contributed by atoms with Crippen LogP contribution in [0.2, 0.25) is 10.0 Å². The van der Waals surface area contributed by atoms with Crippen molar-refractivity contribution in [2.24, 2.45) is 0 Å². The lowest BCUT2D eigenvalue weighted by Gasteiger charge is -2.28. The molecule has 5 aromatic rings. The molecule has 0 aliphatic carbocycles. The summed E-state index contributed by atoms with van der Waals surface area (Å²) < 4.78 is 8.23. The molecule has 5 nitrogen and oxygen atoms in total. The molecule has 0 unspecified atom stereocenters. The van der Waals surface area contributed by atoms with Crippen molar-refractivity contribution in [3.63, 3.8) is 0 Å². The third kappa shape index (κ3) is 5.19. The van der Waals surface area contributed by atoms with Gasteiger partial charge in [0.05, 0.1) is 33.5 Å². The Morgan fingerprint density at radius 3 is 2.24 bits per heavy atom. The smallest absolute Gasteiger partial charge is 0.174 e. The summed E-state index contributed by atoms with van der Waals surface area (Å²) in [5.41, 5.74) is 7.09. The van der Waals surface area contributed by atoms with Crippen molar-refractivity contribution in [3.8, 4) is 17.2 Å². The first kappa shape index (κ1) is 27.3. The third-order valence-corrected chi connectivity index (χ3v) is 8.55. The van der Waals surface area contributed by atoms with Crippen molar-refractivity contribution in [2.45, 2.75) is 32.9 Å². The van der Waals surface area contributed by atoms with Gasteiger partial charge in [-0.05, 0) is 105 Å². The second-order valence-electron chi connectivity index (χ2n) is 10.1. The average Bonchev–Trinajstić information content (AvgIpc) is 3.47. The van der Waals surface area contributed by atoms with E-state index in [0.29, 0.717) is 15.2 Å². The van der Waals surface area contributed by atoms with Gasteiger partial charge in [-0.2, -0.15) is 0 Å². The fraction of sp³-hybridized carbons (Fsp3) is 0.152. The Morgan fingerprint density at radius 1 is 0.854 bits per heavy atom. The summed E-state index contributed by atoms with van der Waals surface area (Å²) in [5, 5.41) is 5.21. The van der Waals surface area contributed by atoms with Crippen molar-refractivity contribution in [1.29, 1.82) is 0 Å². The fourth-order valence-electron chi connectivity index (χ4n) is 5.49. The molecular weight excluding hydrogens is 571 g/mol. The Morgan fingerprint density at radius 2 is 1.56 bits per heavy atom. The van der Waals surface area contributed by atoms with E-state index in [2.05, 4.69) is 41.6 Å². The van der Waals surface area contributed by atoms with E-state index in [1.54, 1.807) is 6.07 Å². The number of halogens is 2. The van der Waals surface area contributed by atoms with Crippen LogP contribution in [0.1, 0.15) is 40.3 Å². The summed E-state index contributed by atoms with van der Waals surface area (Å²) in [7, 11) is 0. The zero-order chi connectivity index (χ0) is 28.7. The fourth-order valence-corrected chi connectivity index (χ4v) is 6.22. The van der Waals surface area contributed by atoms with Gasteiger partial charge in [-0.1, -0.05) is 53.0 Å². The number of anilines is 1. The Kier molecular flexibility index (Phi) is 7.47. The van der Waals surface area contributed by atoms with E-state index < -0.39 is 0 Å². The number of benzene rings is 3. The SMILES string of the molecule is Cc1ccc(Oc2ccc(N3C(=S)N[C@H](c4ccccn4)[C@H]3c3cc(C)n(-c4cccc(Cl)c4Cl)c3C)cc2)cc1. The third-order valence-electron chi connectivity index (χ3n) is 7.43. The number of aromatic nitrogens is 2. The van der Waals surface area contributed by atoms with Crippen LogP contribution >= 0.6 is 35.4 Å². The van der Waals surface area contributed by atoms with Crippen molar-refractivity contribution in [3.05, 3.63) is 135 Å². The number of ether oxygens (including phenoxy) is 1. The molecular formula is C33H28Cl2N4OS. The molecule has 0 amide bonds. The van der Waals surface area contributed by atoms with Crippen LogP contribution in [-0.4, -0.2) is 14.7 Å². The average molecular weight is 600 g/mol. The van der Waals surface area contributed by atoms with E-state index >= 15 is 0 Å². The van der Waals surface area contributed by atoms with E-state index in [9.17, 15) is 0 Å². The first-order valence-corrected chi connectivity index (χ1v) is 14.5. The van der Waals surface area contributed by atoms with Crippen LogP contribution < -0.4 is 15.0 Å². The normalized spacial score (nSPS) is 16.6. The van der Waals surface area contributed by atoms with Gasteiger partial charge in [0.1, 0.15) is 11.5 Å². The molecule has 0 spiro atoms. The maximum absolute atomic E-state index is 6.68. The number of hydrogen-bond donors (Lipinski definition) is 1. The van der Waals surface area contributed by atoms with E-state index in [1.807, 2.05) is 85.1 Å². The Hall–Kier alpha value is -3.84. The molecule has 1 fully saturated rings. The molecule has 206 valence electrons. The Balaban J connectivity index is 1.42. The van der Waals surface area contributed by atoms with Crippen LogP contribution in [0.4, 0.5) is 5.69 Å². The number of aryl methyl sites for hydroxylation is 2. The largest absolute Gasteiger partial charge is 0.457 e. The summed E-state index contributed by atoms with van der Waals surface area (Å²) in [4.78, 5) is 6.86. The molecule has 0 bridgehead atoms. The number of hydrogen-bond acceptors (Lipinski definition) is 3. The summed E-state index contributed by atoms with van der Waals surface area (Å²) in [5.74, 6) is 1.55. The van der Waals surface area contributed by atoms with Gasteiger partial charge in [0.25, 0.3) is 0 Å². The molecule has 2 aromatic heterocycles. The van der Waals surface area contributed by atoms with Crippen LogP contribution in [0, 0.1) is 20.8 Å². The second-order valence-corrected chi connectivity index (χ2v) is 11.3. The predicted molar refractivity (Wildman–Crippen MR) is 171 cm³/mol. The van der Waals surface area contributed by atoms with Crippen molar-refractivity contribution < 1.29 is 4.74 Å². The highest BCUT2D eigenvalue weighted by molar-refractivity contribution is 7.80. The maximum Gasteiger partial charge on any atom is 0.174 e. The molecule has 41 heavy (non-hydrogen) atoms. The molecule has 3 heterocycles. The Bertz CT molecular complexity index is 1720. The van der Waals surface area contributed by atoms with Crippen LogP contribution in [0.3, 0.4) is 0 Å². The highest BCUT2D eigenvalue weighted by atomic mass is 35.5. The van der Waals surface area contributed by atoms with Gasteiger partial charge >= 0.3 is 0 Å². The molecule has 3 aromatic carbocycles. The van der Waals surface area contributed by atoms with Crippen molar-refractivity contribution >= 4 is 46.2 Å². The first-order valence-electron chi connectivity index (χ1n) is 13.3. The van der Waals surface area contributed by atoms with E-state index in [1.165, 1.54) is 5.56 Å². The van der Waals surface area contributed by atoms with Crippen LogP contribution in [0.5, 0.6) is 11.5 Å². The van der Waals surface area contributed by atoms with Crippen LogP contribution in [0.25, 0.3) is 5.69 Å². The molecule has 0 saturated carbocycles. The molecule has 0 radical (unpaired) electrons. The van der Waals surface area contributed by atoms with Gasteiger partial charge in [0.2, 0.25) is 0 Å². The van der Waals surface area contributed by atoms with Gasteiger partial charge in [0.15, 0.2) is 5.11 Å². The van der Waals surface area contributed by atoms with Gasteiger partial charge in [-0.25, -0.2) is 0 Å². The first-order chi connectivity index (χ1) is 19.8. The van der Waals surface area contributed by atoms with E-state index in [0.717, 1.165) is 45.5 Å². The number of thiocarbonyl (C=S) groups is 1. The number of rotatable bonds is 6.